The Morgan fingerprint density at radius 2 is 2.04 bits per heavy atom. The minimum atomic E-state index is -0.0247. The van der Waals surface area contributed by atoms with E-state index >= 15 is 0 Å². The number of nitrogens with one attached hydrogen (secondary N) is 1. The predicted molar refractivity (Wildman–Crippen MR) is 90.8 cm³/mol. The SMILES string of the molecule is Cc1cc(NC(=O)N2CCC3CCN(C)CC32)c(N(C)C)nn1. The maximum atomic E-state index is 12.8. The van der Waals surface area contributed by atoms with E-state index in [-0.39, 0.29) is 6.03 Å². The number of likely N-dealkylation sites (tertiary alicyclic amines) is 2. The molecule has 0 radical (unpaired) electrons. The predicted octanol–water partition coefficient (Wildman–Crippen LogP) is 1.41. The van der Waals surface area contributed by atoms with Crippen molar-refractivity contribution in [2.45, 2.75) is 25.8 Å². The molecular weight excluding hydrogens is 292 g/mol. The molecule has 126 valence electrons. The molecule has 2 aliphatic rings. The van der Waals surface area contributed by atoms with Crippen LogP contribution in [0.1, 0.15) is 18.5 Å². The van der Waals surface area contributed by atoms with Gasteiger partial charge in [0.15, 0.2) is 5.82 Å². The average molecular weight is 318 g/mol. The first kappa shape index (κ1) is 16.0. The molecule has 7 nitrogen and oxygen atoms in total. The molecule has 2 fully saturated rings. The fourth-order valence-corrected chi connectivity index (χ4v) is 3.64. The van der Waals surface area contributed by atoms with Gasteiger partial charge in [0.2, 0.25) is 0 Å². The van der Waals surface area contributed by atoms with Crippen molar-refractivity contribution in [1.29, 1.82) is 0 Å². The van der Waals surface area contributed by atoms with Crippen molar-refractivity contribution in [2.75, 3.05) is 51.0 Å². The summed E-state index contributed by atoms with van der Waals surface area (Å²) in [7, 11) is 5.93. The lowest BCUT2D eigenvalue weighted by Gasteiger charge is -2.36. The average Bonchev–Trinajstić information content (AvgIpc) is 2.89. The number of hydrogen-bond donors (Lipinski definition) is 1. The number of carbonyl (C=O) groups is 1. The number of fused-ring (bicyclic) bond motifs is 1. The molecule has 1 aromatic rings. The van der Waals surface area contributed by atoms with Crippen molar-refractivity contribution in [1.82, 2.24) is 20.0 Å². The Bertz CT molecular complexity index is 590. The molecule has 0 aliphatic carbocycles. The molecule has 1 aromatic heterocycles. The van der Waals surface area contributed by atoms with Gasteiger partial charge in [0.25, 0.3) is 0 Å². The van der Waals surface area contributed by atoms with Crippen LogP contribution in [-0.2, 0) is 0 Å². The van der Waals surface area contributed by atoms with Crippen molar-refractivity contribution >= 4 is 17.5 Å². The quantitative estimate of drug-likeness (QED) is 0.893. The van der Waals surface area contributed by atoms with Crippen LogP contribution in [0.5, 0.6) is 0 Å². The number of nitrogens with zero attached hydrogens (tertiary/aromatic N) is 5. The summed E-state index contributed by atoms with van der Waals surface area (Å²) in [5.74, 6) is 1.32. The first-order valence-corrected chi connectivity index (χ1v) is 8.23. The number of likely N-dealkylation sites (N-methyl/N-ethyl adjacent to an activating group) is 1. The number of aromatic nitrogens is 2. The Morgan fingerprint density at radius 1 is 1.30 bits per heavy atom. The van der Waals surface area contributed by atoms with Crippen LogP contribution in [0.3, 0.4) is 0 Å². The van der Waals surface area contributed by atoms with Crippen molar-refractivity contribution < 1.29 is 4.79 Å². The zero-order valence-electron chi connectivity index (χ0n) is 14.4. The zero-order chi connectivity index (χ0) is 16.6. The number of piperidine rings is 1. The minimum absolute atomic E-state index is 0.0247. The topological polar surface area (TPSA) is 64.6 Å². The van der Waals surface area contributed by atoms with E-state index in [4.69, 9.17) is 0 Å². The lowest BCUT2D eigenvalue weighted by molar-refractivity contribution is 0.137. The van der Waals surface area contributed by atoms with Crippen LogP contribution in [0.4, 0.5) is 16.3 Å². The lowest BCUT2D eigenvalue weighted by Crippen LogP contribution is -2.49. The maximum absolute atomic E-state index is 12.8. The number of anilines is 2. The molecular formula is C16H26N6O. The number of amides is 2. The zero-order valence-corrected chi connectivity index (χ0v) is 14.4. The maximum Gasteiger partial charge on any atom is 0.322 e. The Labute approximate surface area is 137 Å². The molecule has 2 saturated heterocycles. The summed E-state index contributed by atoms with van der Waals surface area (Å²) in [6.07, 6.45) is 2.30. The van der Waals surface area contributed by atoms with Crippen LogP contribution >= 0.6 is 0 Å². The molecule has 2 unspecified atom stereocenters. The number of hydrogen-bond acceptors (Lipinski definition) is 5. The summed E-state index contributed by atoms with van der Waals surface area (Å²) < 4.78 is 0. The van der Waals surface area contributed by atoms with E-state index in [2.05, 4.69) is 27.5 Å². The molecule has 23 heavy (non-hydrogen) atoms. The van der Waals surface area contributed by atoms with E-state index in [0.717, 1.165) is 37.4 Å². The van der Waals surface area contributed by atoms with Gasteiger partial charge in [-0.25, -0.2) is 4.79 Å². The summed E-state index contributed by atoms with van der Waals surface area (Å²) in [6.45, 7) is 4.81. The van der Waals surface area contributed by atoms with Gasteiger partial charge in [-0.05, 0) is 45.3 Å². The van der Waals surface area contributed by atoms with Gasteiger partial charge in [0, 0.05) is 33.2 Å². The van der Waals surface area contributed by atoms with E-state index in [1.165, 1.54) is 6.42 Å². The van der Waals surface area contributed by atoms with E-state index in [9.17, 15) is 4.79 Å². The standard InChI is InChI=1S/C16H26N6O/c1-11-9-13(15(19-18-11)20(2)3)17-16(23)22-8-6-12-5-7-21(4)10-14(12)22/h9,12,14H,5-8,10H2,1-4H3,(H,17,18,23). The summed E-state index contributed by atoms with van der Waals surface area (Å²) >= 11 is 0. The van der Waals surface area contributed by atoms with Crippen LogP contribution < -0.4 is 10.2 Å². The van der Waals surface area contributed by atoms with Gasteiger partial charge in [-0.15, -0.1) is 5.10 Å². The highest BCUT2D eigenvalue weighted by molar-refractivity contribution is 5.92. The highest BCUT2D eigenvalue weighted by Crippen LogP contribution is 2.32. The third-order valence-corrected chi connectivity index (χ3v) is 4.89. The third-order valence-electron chi connectivity index (χ3n) is 4.89. The van der Waals surface area contributed by atoms with Gasteiger partial charge < -0.3 is 20.0 Å². The Kier molecular flexibility index (Phi) is 4.39. The summed E-state index contributed by atoms with van der Waals surface area (Å²) in [4.78, 5) is 19.0. The fourth-order valence-electron chi connectivity index (χ4n) is 3.64. The van der Waals surface area contributed by atoms with Crippen LogP contribution in [0.25, 0.3) is 0 Å². The normalized spacial score (nSPS) is 24.4. The van der Waals surface area contributed by atoms with Crippen molar-refractivity contribution in [3.05, 3.63) is 11.8 Å². The van der Waals surface area contributed by atoms with Gasteiger partial charge in [0.1, 0.15) is 0 Å². The Morgan fingerprint density at radius 3 is 2.78 bits per heavy atom. The van der Waals surface area contributed by atoms with Gasteiger partial charge in [0.05, 0.1) is 11.4 Å². The molecule has 0 bridgehead atoms. The highest BCUT2D eigenvalue weighted by atomic mass is 16.2. The lowest BCUT2D eigenvalue weighted by atomic mass is 9.92. The minimum Gasteiger partial charge on any atom is -0.360 e. The Balaban J connectivity index is 1.76. The van der Waals surface area contributed by atoms with E-state index in [0.29, 0.717) is 17.8 Å². The molecule has 0 saturated carbocycles. The molecule has 2 amide bonds. The fraction of sp³-hybridized carbons (Fsp3) is 0.688. The largest absolute Gasteiger partial charge is 0.360 e. The number of aryl methyl sites for hydroxylation is 1. The molecule has 0 spiro atoms. The van der Waals surface area contributed by atoms with Crippen molar-refractivity contribution in [3.63, 3.8) is 0 Å². The van der Waals surface area contributed by atoms with Crippen LogP contribution in [-0.4, -0.2) is 72.8 Å². The second kappa shape index (κ2) is 6.31. The summed E-state index contributed by atoms with van der Waals surface area (Å²) in [5, 5.41) is 11.3. The molecule has 2 aliphatic heterocycles. The van der Waals surface area contributed by atoms with Gasteiger partial charge in [-0.1, -0.05) is 0 Å². The highest BCUT2D eigenvalue weighted by Gasteiger charge is 2.39. The second-order valence-corrected chi connectivity index (χ2v) is 6.91. The molecule has 3 rings (SSSR count). The van der Waals surface area contributed by atoms with Crippen LogP contribution in [0, 0.1) is 12.8 Å². The number of rotatable bonds is 2. The van der Waals surface area contributed by atoms with Crippen LogP contribution in [0.2, 0.25) is 0 Å². The summed E-state index contributed by atoms with van der Waals surface area (Å²) in [5.41, 5.74) is 1.52. The molecule has 0 aromatic carbocycles. The van der Waals surface area contributed by atoms with E-state index < -0.39 is 0 Å². The Hall–Kier alpha value is -1.89. The molecule has 2 atom stereocenters. The number of urea groups is 1. The molecule has 1 N–H and O–H groups in total. The monoisotopic (exact) mass is 318 g/mol. The molecule has 3 heterocycles. The van der Waals surface area contributed by atoms with Gasteiger partial charge >= 0.3 is 6.03 Å². The second-order valence-electron chi connectivity index (χ2n) is 6.91. The van der Waals surface area contributed by atoms with Crippen molar-refractivity contribution in [2.24, 2.45) is 5.92 Å². The van der Waals surface area contributed by atoms with E-state index in [1.54, 1.807) is 0 Å². The number of carbonyl (C=O) groups excluding carboxylic acids is 1. The first-order valence-electron chi connectivity index (χ1n) is 8.23. The first-order chi connectivity index (χ1) is 11.0. The smallest absolute Gasteiger partial charge is 0.322 e. The van der Waals surface area contributed by atoms with Crippen molar-refractivity contribution in [3.8, 4) is 0 Å². The summed E-state index contributed by atoms with van der Waals surface area (Å²) in [6, 6.07) is 2.18. The van der Waals surface area contributed by atoms with Crippen LogP contribution in [0.15, 0.2) is 6.07 Å². The molecule has 7 heteroatoms. The van der Waals surface area contributed by atoms with Gasteiger partial charge in [-0.3, -0.25) is 0 Å². The van der Waals surface area contributed by atoms with E-state index in [1.807, 2.05) is 36.9 Å². The third kappa shape index (κ3) is 3.24. The van der Waals surface area contributed by atoms with Gasteiger partial charge in [-0.2, -0.15) is 5.10 Å².